The zero-order chi connectivity index (χ0) is 18.9. The van der Waals surface area contributed by atoms with Gasteiger partial charge < -0.3 is 4.74 Å². The molecule has 0 aromatic heterocycles. The largest absolute Gasteiger partial charge is 0.573 e. The molecule has 0 unspecified atom stereocenters. The molecule has 1 nitrogen and oxygen atoms in total. The Morgan fingerprint density at radius 2 is 1.42 bits per heavy atom. The van der Waals surface area contributed by atoms with Crippen LogP contribution in [-0.4, -0.2) is 6.36 Å². The first-order valence-electron chi connectivity index (χ1n) is 8.29. The molecule has 0 atom stereocenters. The van der Waals surface area contributed by atoms with Gasteiger partial charge in [-0.3, -0.25) is 0 Å². The van der Waals surface area contributed by atoms with Crippen LogP contribution in [0.5, 0.6) is 5.75 Å². The minimum Gasteiger partial charge on any atom is -0.399 e. The fourth-order valence-electron chi connectivity index (χ4n) is 3.38. The minimum atomic E-state index is -5.23. The molecule has 0 N–H and O–H groups in total. The standard InChI is InChI=1S/C19H16F6O/c20-15-8-12(11-4-2-1-3-5-11)6-7-14(15)13-9-16(21)18(17(22)10-13)26-19(23,24)25/h6-11H,1-5H2. The van der Waals surface area contributed by atoms with E-state index in [4.69, 9.17) is 0 Å². The molecule has 7 heteroatoms. The second kappa shape index (κ2) is 7.21. The van der Waals surface area contributed by atoms with E-state index in [1.165, 1.54) is 12.1 Å². The van der Waals surface area contributed by atoms with E-state index in [0.717, 1.165) is 37.7 Å². The van der Waals surface area contributed by atoms with Gasteiger partial charge in [-0.25, -0.2) is 13.2 Å². The smallest absolute Gasteiger partial charge is 0.399 e. The second-order valence-corrected chi connectivity index (χ2v) is 6.39. The van der Waals surface area contributed by atoms with Crippen LogP contribution in [0.4, 0.5) is 26.3 Å². The lowest BCUT2D eigenvalue weighted by molar-refractivity contribution is -0.276. The summed E-state index contributed by atoms with van der Waals surface area (Å²) in [4.78, 5) is 0. The lowest BCUT2D eigenvalue weighted by atomic mass is 9.83. The molecule has 140 valence electrons. The van der Waals surface area contributed by atoms with Crippen LogP contribution in [0.15, 0.2) is 30.3 Å². The van der Waals surface area contributed by atoms with Crippen molar-refractivity contribution >= 4 is 0 Å². The van der Waals surface area contributed by atoms with Crippen LogP contribution >= 0.6 is 0 Å². The fraction of sp³-hybridized carbons (Fsp3) is 0.368. The van der Waals surface area contributed by atoms with Gasteiger partial charge in [-0.1, -0.05) is 31.4 Å². The molecule has 3 rings (SSSR count). The highest BCUT2D eigenvalue weighted by molar-refractivity contribution is 5.66. The fourth-order valence-corrected chi connectivity index (χ4v) is 3.38. The van der Waals surface area contributed by atoms with Crippen molar-refractivity contribution in [3.63, 3.8) is 0 Å². The molecule has 0 heterocycles. The number of ether oxygens (including phenoxy) is 1. The zero-order valence-corrected chi connectivity index (χ0v) is 13.7. The molecule has 1 saturated carbocycles. The zero-order valence-electron chi connectivity index (χ0n) is 13.7. The van der Waals surface area contributed by atoms with Crippen molar-refractivity contribution in [2.24, 2.45) is 0 Å². The van der Waals surface area contributed by atoms with Crippen LogP contribution in [0.3, 0.4) is 0 Å². The molecule has 26 heavy (non-hydrogen) atoms. The Hall–Kier alpha value is -2.18. The van der Waals surface area contributed by atoms with E-state index in [-0.39, 0.29) is 17.0 Å². The van der Waals surface area contributed by atoms with Crippen LogP contribution in [0.1, 0.15) is 43.6 Å². The van der Waals surface area contributed by atoms with Crippen molar-refractivity contribution in [1.82, 2.24) is 0 Å². The molecule has 0 aliphatic heterocycles. The molecule has 0 saturated heterocycles. The van der Waals surface area contributed by atoms with Crippen LogP contribution in [0.2, 0.25) is 0 Å². The number of hydrogen-bond donors (Lipinski definition) is 0. The highest BCUT2D eigenvalue weighted by atomic mass is 19.4. The Balaban J connectivity index is 1.91. The maximum absolute atomic E-state index is 14.5. The number of hydrogen-bond acceptors (Lipinski definition) is 1. The van der Waals surface area contributed by atoms with Crippen LogP contribution < -0.4 is 4.74 Å². The maximum atomic E-state index is 14.5. The lowest BCUT2D eigenvalue weighted by Gasteiger charge is -2.22. The van der Waals surface area contributed by atoms with Crippen molar-refractivity contribution < 1.29 is 31.1 Å². The molecule has 0 spiro atoms. The SMILES string of the molecule is Fc1cc(C2CCCCC2)ccc1-c1cc(F)c(OC(F)(F)F)c(F)c1. The summed E-state index contributed by atoms with van der Waals surface area (Å²) >= 11 is 0. The van der Waals surface area contributed by atoms with Gasteiger partial charge in [-0.2, -0.15) is 0 Å². The van der Waals surface area contributed by atoms with Gasteiger partial charge in [0, 0.05) is 5.56 Å². The van der Waals surface area contributed by atoms with Gasteiger partial charge in [0.1, 0.15) is 5.82 Å². The molecular weight excluding hydrogens is 358 g/mol. The highest BCUT2D eigenvalue weighted by Crippen LogP contribution is 2.36. The average molecular weight is 374 g/mol. The minimum absolute atomic E-state index is 0.0825. The maximum Gasteiger partial charge on any atom is 0.573 e. The van der Waals surface area contributed by atoms with Gasteiger partial charge in [0.25, 0.3) is 0 Å². The molecule has 1 fully saturated rings. The van der Waals surface area contributed by atoms with Gasteiger partial charge in [0.05, 0.1) is 0 Å². The van der Waals surface area contributed by atoms with Gasteiger partial charge in [0.2, 0.25) is 5.75 Å². The van der Waals surface area contributed by atoms with Crippen LogP contribution in [-0.2, 0) is 0 Å². The lowest BCUT2D eigenvalue weighted by Crippen LogP contribution is -2.19. The molecular formula is C19H16F6O. The number of alkyl halides is 3. The van der Waals surface area contributed by atoms with E-state index in [0.29, 0.717) is 12.1 Å². The Bertz CT molecular complexity index is 770. The van der Waals surface area contributed by atoms with E-state index in [1.54, 1.807) is 6.07 Å². The average Bonchev–Trinajstić information content (AvgIpc) is 2.58. The summed E-state index contributed by atoms with van der Waals surface area (Å²) < 4.78 is 82.1. The van der Waals surface area contributed by atoms with Gasteiger partial charge in [-0.05, 0) is 48.1 Å². The first-order chi connectivity index (χ1) is 12.2. The van der Waals surface area contributed by atoms with Gasteiger partial charge >= 0.3 is 6.36 Å². The molecule has 0 radical (unpaired) electrons. The first kappa shape index (κ1) is 18.6. The second-order valence-electron chi connectivity index (χ2n) is 6.39. The van der Waals surface area contributed by atoms with Crippen molar-refractivity contribution in [3.8, 4) is 16.9 Å². The predicted octanol–water partition coefficient (Wildman–Crippen LogP) is 6.72. The van der Waals surface area contributed by atoms with Crippen molar-refractivity contribution in [1.29, 1.82) is 0 Å². The Labute approximate surface area is 146 Å². The number of benzene rings is 2. The third kappa shape index (κ3) is 4.14. The highest BCUT2D eigenvalue weighted by Gasteiger charge is 2.34. The molecule has 1 aliphatic rings. The quantitative estimate of drug-likeness (QED) is 0.542. The molecule has 2 aromatic carbocycles. The van der Waals surface area contributed by atoms with Crippen molar-refractivity contribution in [2.45, 2.75) is 44.4 Å². The monoisotopic (exact) mass is 374 g/mol. The summed E-state index contributed by atoms with van der Waals surface area (Å²) in [5.41, 5.74) is 0.548. The number of rotatable bonds is 3. The van der Waals surface area contributed by atoms with E-state index >= 15 is 0 Å². The van der Waals surface area contributed by atoms with Gasteiger partial charge in [0.15, 0.2) is 11.6 Å². The van der Waals surface area contributed by atoms with Crippen LogP contribution in [0, 0.1) is 17.5 Å². The summed E-state index contributed by atoms with van der Waals surface area (Å²) in [6, 6.07) is 5.69. The summed E-state index contributed by atoms with van der Waals surface area (Å²) in [6.45, 7) is 0. The summed E-state index contributed by atoms with van der Waals surface area (Å²) in [5, 5.41) is 0. The van der Waals surface area contributed by atoms with E-state index < -0.39 is 29.6 Å². The molecule has 0 bridgehead atoms. The third-order valence-corrected chi connectivity index (χ3v) is 4.60. The molecule has 1 aliphatic carbocycles. The summed E-state index contributed by atoms with van der Waals surface area (Å²) in [6.07, 6.45) is 0.00531. The Morgan fingerprint density at radius 3 is 1.96 bits per heavy atom. The third-order valence-electron chi connectivity index (χ3n) is 4.60. The summed E-state index contributed by atoms with van der Waals surface area (Å²) in [5.74, 6) is -5.07. The van der Waals surface area contributed by atoms with E-state index in [2.05, 4.69) is 4.74 Å². The van der Waals surface area contributed by atoms with Crippen molar-refractivity contribution in [2.75, 3.05) is 0 Å². The van der Waals surface area contributed by atoms with Gasteiger partial charge in [-0.15, -0.1) is 13.2 Å². The van der Waals surface area contributed by atoms with E-state index in [9.17, 15) is 26.3 Å². The molecule has 0 amide bonds. The van der Waals surface area contributed by atoms with Crippen molar-refractivity contribution in [3.05, 3.63) is 53.3 Å². The number of halogens is 6. The topological polar surface area (TPSA) is 9.23 Å². The first-order valence-corrected chi connectivity index (χ1v) is 8.29. The Morgan fingerprint density at radius 1 is 0.808 bits per heavy atom. The van der Waals surface area contributed by atoms with E-state index in [1.807, 2.05) is 0 Å². The summed E-state index contributed by atoms with van der Waals surface area (Å²) in [7, 11) is 0. The molecule has 2 aromatic rings. The van der Waals surface area contributed by atoms with Crippen LogP contribution in [0.25, 0.3) is 11.1 Å². The normalized spacial score (nSPS) is 15.9. The predicted molar refractivity (Wildman–Crippen MR) is 84.3 cm³/mol. The Kier molecular flexibility index (Phi) is 5.16.